The maximum atomic E-state index is 9.09. The van der Waals surface area contributed by atoms with E-state index in [9.17, 15) is 0 Å². The van der Waals surface area contributed by atoms with Crippen LogP contribution < -0.4 is 5.32 Å². The van der Waals surface area contributed by atoms with Crippen LogP contribution in [0.3, 0.4) is 0 Å². The van der Waals surface area contributed by atoms with Crippen LogP contribution in [0.5, 0.6) is 0 Å². The van der Waals surface area contributed by atoms with Crippen molar-refractivity contribution in [3.8, 4) is 0 Å². The fourth-order valence-electron chi connectivity index (χ4n) is 1.12. The first kappa shape index (κ1) is 11.0. The standard InChI is InChI=1S/C10H21NO2/c1-10(8-12,11-2)5-6-13-7-9-3-4-9/h9,11-12H,3-8H2,1-2H3. The van der Waals surface area contributed by atoms with Crippen molar-refractivity contribution >= 4 is 0 Å². The Bertz CT molecular complexity index is 142. The minimum absolute atomic E-state index is 0.163. The van der Waals surface area contributed by atoms with Gasteiger partial charge in [0.1, 0.15) is 0 Å². The fraction of sp³-hybridized carbons (Fsp3) is 1.00. The maximum Gasteiger partial charge on any atom is 0.0611 e. The van der Waals surface area contributed by atoms with Crippen molar-refractivity contribution in [2.45, 2.75) is 31.7 Å². The Balaban J connectivity index is 2.01. The Morgan fingerprint density at radius 2 is 2.23 bits per heavy atom. The summed E-state index contributed by atoms with van der Waals surface area (Å²) in [5.41, 5.74) is -0.177. The lowest BCUT2D eigenvalue weighted by molar-refractivity contribution is 0.0841. The predicted molar refractivity (Wildman–Crippen MR) is 52.7 cm³/mol. The van der Waals surface area contributed by atoms with Crippen LogP contribution >= 0.6 is 0 Å². The number of ether oxygens (including phenoxy) is 1. The number of rotatable bonds is 7. The van der Waals surface area contributed by atoms with E-state index in [2.05, 4.69) is 5.32 Å². The molecule has 1 saturated carbocycles. The molecule has 1 rings (SSSR count). The highest BCUT2D eigenvalue weighted by molar-refractivity contribution is 4.80. The van der Waals surface area contributed by atoms with Gasteiger partial charge in [0.25, 0.3) is 0 Å². The van der Waals surface area contributed by atoms with Gasteiger partial charge in [-0.2, -0.15) is 0 Å². The zero-order valence-corrected chi connectivity index (χ0v) is 8.68. The average molecular weight is 187 g/mol. The predicted octanol–water partition coefficient (Wildman–Crippen LogP) is 0.773. The van der Waals surface area contributed by atoms with Crippen molar-refractivity contribution in [1.82, 2.24) is 5.32 Å². The number of likely N-dealkylation sites (N-methyl/N-ethyl adjacent to an activating group) is 1. The molecule has 1 aliphatic rings. The van der Waals surface area contributed by atoms with Crippen molar-refractivity contribution in [2.24, 2.45) is 5.92 Å². The van der Waals surface area contributed by atoms with E-state index in [0.29, 0.717) is 0 Å². The molecular formula is C10H21NO2. The van der Waals surface area contributed by atoms with E-state index >= 15 is 0 Å². The Morgan fingerprint density at radius 3 is 2.69 bits per heavy atom. The number of aliphatic hydroxyl groups excluding tert-OH is 1. The van der Waals surface area contributed by atoms with Crippen LogP contribution in [0.1, 0.15) is 26.2 Å². The van der Waals surface area contributed by atoms with E-state index in [-0.39, 0.29) is 12.1 Å². The van der Waals surface area contributed by atoms with Crippen LogP contribution in [0, 0.1) is 5.92 Å². The second-order valence-electron chi connectivity index (χ2n) is 4.24. The molecule has 1 unspecified atom stereocenters. The van der Waals surface area contributed by atoms with E-state index < -0.39 is 0 Å². The van der Waals surface area contributed by atoms with Gasteiger partial charge in [-0.1, -0.05) is 0 Å². The highest BCUT2D eigenvalue weighted by Crippen LogP contribution is 2.28. The summed E-state index contributed by atoms with van der Waals surface area (Å²) in [5.74, 6) is 0.829. The Morgan fingerprint density at radius 1 is 1.54 bits per heavy atom. The van der Waals surface area contributed by atoms with Crippen LogP contribution in [0.25, 0.3) is 0 Å². The molecule has 13 heavy (non-hydrogen) atoms. The lowest BCUT2D eigenvalue weighted by Crippen LogP contribution is -2.44. The summed E-state index contributed by atoms with van der Waals surface area (Å²) >= 11 is 0. The van der Waals surface area contributed by atoms with Gasteiger partial charge >= 0.3 is 0 Å². The van der Waals surface area contributed by atoms with E-state index in [1.807, 2.05) is 14.0 Å². The monoisotopic (exact) mass is 187 g/mol. The lowest BCUT2D eigenvalue weighted by Gasteiger charge is -2.26. The molecule has 2 N–H and O–H groups in total. The highest BCUT2D eigenvalue weighted by Gasteiger charge is 2.23. The first-order valence-electron chi connectivity index (χ1n) is 5.08. The van der Waals surface area contributed by atoms with Crippen LogP contribution in [-0.4, -0.2) is 37.5 Å². The van der Waals surface area contributed by atoms with Crippen LogP contribution in [0.4, 0.5) is 0 Å². The molecule has 0 aromatic carbocycles. The summed E-state index contributed by atoms with van der Waals surface area (Å²) in [6, 6.07) is 0. The first-order chi connectivity index (χ1) is 6.20. The molecule has 1 aliphatic carbocycles. The van der Waals surface area contributed by atoms with E-state index in [1.54, 1.807) is 0 Å². The molecule has 0 aliphatic heterocycles. The zero-order chi connectivity index (χ0) is 9.73. The Labute approximate surface area is 80.5 Å². The molecule has 0 aromatic rings. The second kappa shape index (κ2) is 4.94. The summed E-state index contributed by atoms with van der Waals surface area (Å²) in [6.45, 7) is 3.82. The number of hydrogen-bond donors (Lipinski definition) is 2. The summed E-state index contributed by atoms with van der Waals surface area (Å²) in [5, 5.41) is 12.2. The Hall–Kier alpha value is -0.120. The third-order valence-electron chi connectivity index (χ3n) is 2.80. The molecule has 1 fully saturated rings. The molecule has 3 nitrogen and oxygen atoms in total. The van der Waals surface area contributed by atoms with Gasteiger partial charge in [-0.15, -0.1) is 0 Å². The third kappa shape index (κ3) is 4.07. The topological polar surface area (TPSA) is 41.5 Å². The smallest absolute Gasteiger partial charge is 0.0611 e. The number of nitrogens with one attached hydrogen (secondary N) is 1. The fourth-order valence-corrected chi connectivity index (χ4v) is 1.12. The van der Waals surface area contributed by atoms with Gasteiger partial charge < -0.3 is 15.2 Å². The quantitative estimate of drug-likeness (QED) is 0.579. The van der Waals surface area contributed by atoms with Crippen molar-refractivity contribution in [3.05, 3.63) is 0 Å². The minimum Gasteiger partial charge on any atom is -0.394 e. The highest BCUT2D eigenvalue weighted by atomic mass is 16.5. The zero-order valence-electron chi connectivity index (χ0n) is 8.68. The van der Waals surface area contributed by atoms with Gasteiger partial charge in [0.15, 0.2) is 0 Å². The molecule has 0 aromatic heterocycles. The second-order valence-corrected chi connectivity index (χ2v) is 4.24. The largest absolute Gasteiger partial charge is 0.394 e. The average Bonchev–Trinajstić information content (AvgIpc) is 2.96. The molecule has 0 spiro atoms. The summed E-state index contributed by atoms with van der Waals surface area (Å²) in [4.78, 5) is 0. The number of hydrogen-bond acceptors (Lipinski definition) is 3. The summed E-state index contributed by atoms with van der Waals surface area (Å²) < 4.78 is 5.51. The summed E-state index contributed by atoms with van der Waals surface area (Å²) in [6.07, 6.45) is 3.54. The van der Waals surface area contributed by atoms with Crippen molar-refractivity contribution in [3.63, 3.8) is 0 Å². The van der Waals surface area contributed by atoms with Gasteiger partial charge in [-0.05, 0) is 39.2 Å². The van der Waals surface area contributed by atoms with Gasteiger partial charge in [0.05, 0.1) is 6.61 Å². The van der Waals surface area contributed by atoms with E-state index in [0.717, 1.165) is 25.6 Å². The van der Waals surface area contributed by atoms with Crippen LogP contribution in [0.15, 0.2) is 0 Å². The van der Waals surface area contributed by atoms with Gasteiger partial charge in [-0.3, -0.25) is 0 Å². The van der Waals surface area contributed by atoms with Crippen LogP contribution in [-0.2, 0) is 4.74 Å². The normalized spacial score (nSPS) is 21.5. The van der Waals surface area contributed by atoms with Gasteiger partial charge in [-0.25, -0.2) is 0 Å². The van der Waals surface area contributed by atoms with Gasteiger partial charge in [0, 0.05) is 18.8 Å². The van der Waals surface area contributed by atoms with Crippen molar-refractivity contribution < 1.29 is 9.84 Å². The van der Waals surface area contributed by atoms with Gasteiger partial charge in [0.2, 0.25) is 0 Å². The first-order valence-corrected chi connectivity index (χ1v) is 5.08. The molecule has 0 heterocycles. The molecular weight excluding hydrogens is 166 g/mol. The molecule has 0 bridgehead atoms. The summed E-state index contributed by atoms with van der Waals surface area (Å²) in [7, 11) is 1.87. The third-order valence-corrected chi connectivity index (χ3v) is 2.80. The lowest BCUT2D eigenvalue weighted by atomic mass is 10.0. The van der Waals surface area contributed by atoms with E-state index in [4.69, 9.17) is 9.84 Å². The van der Waals surface area contributed by atoms with Crippen molar-refractivity contribution in [2.75, 3.05) is 26.9 Å². The molecule has 3 heteroatoms. The van der Waals surface area contributed by atoms with Crippen LogP contribution in [0.2, 0.25) is 0 Å². The van der Waals surface area contributed by atoms with E-state index in [1.165, 1.54) is 12.8 Å². The minimum atomic E-state index is -0.177. The maximum absolute atomic E-state index is 9.09. The number of aliphatic hydroxyl groups is 1. The van der Waals surface area contributed by atoms with Crippen molar-refractivity contribution in [1.29, 1.82) is 0 Å². The SMILES string of the molecule is CNC(C)(CO)CCOCC1CC1. The molecule has 0 amide bonds. The molecule has 1 atom stereocenters. The molecule has 78 valence electrons. The molecule has 0 saturated heterocycles. The Kier molecular flexibility index (Phi) is 4.16. The molecule has 0 radical (unpaired) electrons.